The number of H-pyrrole nitrogens is 2. The molecule has 27 heavy (non-hydrogen) atoms. The number of aliphatic hydroxyl groups is 1. The van der Waals surface area contributed by atoms with Crippen LogP contribution in [0.25, 0.3) is 0 Å². The number of nitrogens with zero attached hydrogens (tertiary/aromatic N) is 1. The number of hydrogen-bond acceptors (Lipinski definition) is 5. The molecule has 2 aromatic rings. The van der Waals surface area contributed by atoms with E-state index in [0.29, 0.717) is 11.3 Å². The fraction of sp³-hybridized carbons (Fsp3) is 0.500. The van der Waals surface area contributed by atoms with Crippen molar-refractivity contribution in [2.45, 2.75) is 44.8 Å². The molecule has 0 bridgehead atoms. The Labute approximate surface area is 158 Å². The molecule has 3 N–H and O–H groups in total. The molecule has 146 valence electrons. The minimum Gasteiger partial charge on any atom is -0.463 e. The summed E-state index contributed by atoms with van der Waals surface area (Å²) >= 11 is 0. The number of anilines is 1. The van der Waals surface area contributed by atoms with Gasteiger partial charge in [-0.05, 0) is 38.5 Å². The van der Waals surface area contributed by atoms with E-state index in [4.69, 9.17) is 4.74 Å². The van der Waals surface area contributed by atoms with Crippen molar-refractivity contribution in [3.8, 4) is 0 Å². The van der Waals surface area contributed by atoms with Crippen LogP contribution in [0.3, 0.4) is 0 Å². The highest BCUT2D eigenvalue weighted by Gasteiger charge is 2.51. The van der Waals surface area contributed by atoms with Gasteiger partial charge in [-0.1, -0.05) is 12.1 Å². The molecule has 7 nitrogen and oxygen atoms in total. The van der Waals surface area contributed by atoms with Crippen molar-refractivity contribution in [3.63, 3.8) is 0 Å². The minimum atomic E-state index is -1.35. The number of benzene rings is 1. The van der Waals surface area contributed by atoms with E-state index >= 15 is 0 Å². The zero-order valence-electron chi connectivity index (χ0n) is 16.4. The van der Waals surface area contributed by atoms with Crippen LogP contribution in [0.5, 0.6) is 0 Å². The summed E-state index contributed by atoms with van der Waals surface area (Å²) < 4.78 is 5.44. The van der Waals surface area contributed by atoms with Crippen molar-refractivity contribution < 1.29 is 14.6 Å². The first-order valence-corrected chi connectivity index (χ1v) is 9.11. The summed E-state index contributed by atoms with van der Waals surface area (Å²) in [6.07, 6.45) is -0.137. The number of aromatic nitrogens is 2. The molecule has 0 radical (unpaired) electrons. The Bertz CT molecular complexity index is 877. The van der Waals surface area contributed by atoms with Gasteiger partial charge in [0.2, 0.25) is 0 Å². The normalized spacial score (nSPS) is 24.6. The number of hydrogen-bond donors (Lipinski definition) is 3. The highest BCUT2D eigenvalue weighted by molar-refractivity contribution is 5.77. The summed E-state index contributed by atoms with van der Waals surface area (Å²) in [5.74, 6) is -1.97. The molecule has 0 aliphatic heterocycles. The van der Waals surface area contributed by atoms with Crippen LogP contribution in [0.2, 0.25) is 0 Å². The first kappa shape index (κ1) is 19.2. The van der Waals surface area contributed by atoms with E-state index in [0.717, 1.165) is 11.3 Å². The Hall–Kier alpha value is -2.54. The zero-order chi connectivity index (χ0) is 19.9. The van der Waals surface area contributed by atoms with Gasteiger partial charge < -0.3 is 19.8 Å². The van der Waals surface area contributed by atoms with E-state index < -0.39 is 23.4 Å². The second-order valence-corrected chi connectivity index (χ2v) is 7.93. The van der Waals surface area contributed by atoms with E-state index in [9.17, 15) is 14.7 Å². The van der Waals surface area contributed by atoms with Crippen molar-refractivity contribution >= 4 is 11.7 Å². The summed E-state index contributed by atoms with van der Waals surface area (Å²) in [5.41, 5.74) is 1.28. The van der Waals surface area contributed by atoms with E-state index in [1.165, 1.54) is 0 Å². The Balaban J connectivity index is 2.15. The molecule has 1 aromatic heterocycles. The van der Waals surface area contributed by atoms with E-state index in [1.54, 1.807) is 20.8 Å². The maximum atomic E-state index is 12.9. The van der Waals surface area contributed by atoms with Crippen molar-refractivity contribution in [3.05, 3.63) is 51.4 Å². The Kier molecular flexibility index (Phi) is 4.90. The number of fused-ring (bicyclic) bond motifs is 1. The molecule has 3 atom stereocenters. The summed E-state index contributed by atoms with van der Waals surface area (Å²) in [6, 6.07) is 7.66. The lowest BCUT2D eigenvalue weighted by Gasteiger charge is -2.40. The first-order valence-electron chi connectivity index (χ1n) is 9.11. The molecule has 1 aromatic carbocycles. The largest absolute Gasteiger partial charge is 0.463 e. The average Bonchev–Trinajstić information content (AvgIpc) is 2.92. The number of rotatable bonds is 4. The minimum absolute atomic E-state index is 0.172. The number of ether oxygens (including phenoxy) is 1. The third-order valence-corrected chi connectivity index (χ3v) is 5.12. The fourth-order valence-electron chi connectivity index (χ4n) is 3.90. The van der Waals surface area contributed by atoms with Crippen molar-refractivity contribution in [1.29, 1.82) is 0 Å². The predicted molar refractivity (Wildman–Crippen MR) is 103 cm³/mol. The van der Waals surface area contributed by atoms with Gasteiger partial charge in [-0.2, -0.15) is 0 Å². The Morgan fingerprint density at radius 3 is 2.44 bits per heavy atom. The van der Waals surface area contributed by atoms with Crippen LogP contribution in [0.15, 0.2) is 29.1 Å². The molecule has 3 rings (SSSR count). The number of nitrogens with one attached hydrogen (secondary N) is 2. The van der Waals surface area contributed by atoms with E-state index in [-0.39, 0.29) is 18.1 Å². The maximum Gasteiger partial charge on any atom is 0.313 e. The van der Waals surface area contributed by atoms with Crippen LogP contribution in [-0.2, 0) is 16.0 Å². The number of esters is 1. The lowest BCUT2D eigenvalue weighted by atomic mass is 9.66. The molecule has 0 saturated heterocycles. The molecule has 1 heterocycles. The number of aromatic amines is 2. The van der Waals surface area contributed by atoms with Crippen LogP contribution >= 0.6 is 0 Å². The van der Waals surface area contributed by atoms with Crippen molar-refractivity contribution in [2.75, 3.05) is 19.0 Å². The number of carbonyl (C=O) groups is 1. The van der Waals surface area contributed by atoms with Gasteiger partial charge >= 0.3 is 5.97 Å². The molecule has 1 aliphatic rings. The van der Waals surface area contributed by atoms with Gasteiger partial charge in [0, 0.05) is 43.4 Å². The monoisotopic (exact) mass is 373 g/mol. The molecule has 0 amide bonds. The first-order chi connectivity index (χ1) is 12.6. The SMILES string of the molecule is CC(C)OC(=O)[C@H]1[C@@H](c2ccc(N(C)C)cc2)c2c([nH][nH]c2=O)C[C@@]1(C)O. The predicted octanol–water partition coefficient (Wildman–Crippen LogP) is 1.78. The summed E-state index contributed by atoms with van der Waals surface area (Å²) in [6.45, 7) is 5.16. The smallest absolute Gasteiger partial charge is 0.313 e. The Morgan fingerprint density at radius 1 is 1.26 bits per heavy atom. The molecule has 0 saturated carbocycles. The molecular weight excluding hydrogens is 346 g/mol. The number of carbonyl (C=O) groups excluding carboxylic acids is 1. The lowest BCUT2D eigenvalue weighted by Crippen LogP contribution is -2.50. The Morgan fingerprint density at radius 2 is 1.89 bits per heavy atom. The highest BCUT2D eigenvalue weighted by atomic mass is 16.5. The van der Waals surface area contributed by atoms with Gasteiger partial charge in [0.25, 0.3) is 5.56 Å². The van der Waals surface area contributed by atoms with Crippen LogP contribution in [-0.4, -0.2) is 47.1 Å². The maximum absolute atomic E-state index is 12.9. The van der Waals surface area contributed by atoms with Gasteiger partial charge in [0.05, 0.1) is 17.6 Å². The van der Waals surface area contributed by atoms with Gasteiger partial charge in [0.1, 0.15) is 0 Å². The highest BCUT2D eigenvalue weighted by Crippen LogP contribution is 2.44. The van der Waals surface area contributed by atoms with Crippen LogP contribution in [0.4, 0.5) is 5.69 Å². The second-order valence-electron chi connectivity index (χ2n) is 7.93. The van der Waals surface area contributed by atoms with E-state index in [1.807, 2.05) is 43.3 Å². The topological polar surface area (TPSA) is 98.4 Å². The van der Waals surface area contributed by atoms with Crippen LogP contribution in [0, 0.1) is 5.92 Å². The third kappa shape index (κ3) is 3.51. The molecule has 7 heteroatoms. The zero-order valence-corrected chi connectivity index (χ0v) is 16.4. The van der Waals surface area contributed by atoms with Gasteiger partial charge in [-0.15, -0.1) is 0 Å². The summed E-state index contributed by atoms with van der Waals surface area (Å²) in [7, 11) is 3.89. The fourth-order valence-corrected chi connectivity index (χ4v) is 3.90. The van der Waals surface area contributed by atoms with Crippen LogP contribution in [0.1, 0.15) is 43.5 Å². The van der Waals surface area contributed by atoms with Gasteiger partial charge in [-0.3, -0.25) is 14.7 Å². The van der Waals surface area contributed by atoms with Crippen molar-refractivity contribution in [1.82, 2.24) is 10.2 Å². The quantitative estimate of drug-likeness (QED) is 0.710. The van der Waals surface area contributed by atoms with E-state index in [2.05, 4.69) is 10.2 Å². The third-order valence-electron chi connectivity index (χ3n) is 5.12. The van der Waals surface area contributed by atoms with Gasteiger partial charge in [0.15, 0.2) is 0 Å². The lowest BCUT2D eigenvalue weighted by molar-refractivity contribution is -0.163. The standard InChI is InChI=1S/C20H27N3O4/c1-11(2)27-19(25)17-15(12-6-8-13(9-7-12)23(4)5)16-14(10-20(17,3)26)21-22-18(16)24/h6-9,11,15,17,26H,10H2,1-5H3,(H2,21,22,24)/t15-,17+,20+/m0/s1. The molecular formula is C20H27N3O4. The summed E-state index contributed by atoms with van der Waals surface area (Å²) in [5, 5.41) is 16.6. The molecule has 0 spiro atoms. The van der Waals surface area contributed by atoms with Crippen LogP contribution < -0.4 is 10.5 Å². The van der Waals surface area contributed by atoms with Crippen molar-refractivity contribution in [2.24, 2.45) is 5.92 Å². The molecule has 1 aliphatic carbocycles. The summed E-state index contributed by atoms with van der Waals surface area (Å²) in [4.78, 5) is 27.4. The average molecular weight is 373 g/mol. The molecule has 0 fully saturated rings. The van der Waals surface area contributed by atoms with Gasteiger partial charge in [-0.25, -0.2) is 0 Å². The molecule has 0 unspecified atom stereocenters. The second kappa shape index (κ2) is 6.88.